The smallest absolute Gasteiger partial charge is 0.299 e. The molecular formula is C15H10F3N5O. The van der Waals surface area contributed by atoms with Gasteiger partial charge in [0.25, 0.3) is 5.56 Å². The summed E-state index contributed by atoms with van der Waals surface area (Å²) >= 11 is 0. The van der Waals surface area contributed by atoms with Gasteiger partial charge in [0.05, 0.1) is 22.9 Å². The number of aromatic nitrogens is 3. The van der Waals surface area contributed by atoms with E-state index < -0.39 is 23.1 Å². The number of rotatable bonds is 3. The number of fused-ring (bicyclic) bond motifs is 1. The van der Waals surface area contributed by atoms with Gasteiger partial charge in [-0.15, -0.1) is 0 Å². The molecule has 24 heavy (non-hydrogen) atoms. The van der Waals surface area contributed by atoms with Crippen molar-refractivity contribution in [3.8, 4) is 0 Å². The van der Waals surface area contributed by atoms with Gasteiger partial charge in [-0.05, 0) is 24.3 Å². The Labute approximate surface area is 133 Å². The Balaban J connectivity index is 2.14. The van der Waals surface area contributed by atoms with Crippen molar-refractivity contribution in [1.29, 1.82) is 0 Å². The van der Waals surface area contributed by atoms with Crippen molar-refractivity contribution in [2.75, 3.05) is 10.9 Å². The lowest BCUT2D eigenvalue weighted by Gasteiger charge is -2.11. The van der Waals surface area contributed by atoms with Crippen LogP contribution < -0.4 is 16.4 Å². The van der Waals surface area contributed by atoms with Crippen molar-refractivity contribution in [2.24, 2.45) is 0 Å². The number of pyridine rings is 1. The predicted octanol–water partition coefficient (Wildman–Crippen LogP) is 2.84. The van der Waals surface area contributed by atoms with Gasteiger partial charge in [0.15, 0.2) is 11.4 Å². The van der Waals surface area contributed by atoms with Crippen LogP contribution in [0.1, 0.15) is 5.69 Å². The molecule has 0 aliphatic rings. The van der Waals surface area contributed by atoms with Crippen molar-refractivity contribution in [1.82, 2.24) is 15.0 Å². The molecule has 122 valence electrons. The molecule has 0 bridgehead atoms. The molecule has 0 aliphatic carbocycles. The second kappa shape index (κ2) is 6.11. The largest absolute Gasteiger partial charge is 0.435 e. The Morgan fingerprint density at radius 3 is 2.25 bits per heavy atom. The predicted molar refractivity (Wildman–Crippen MR) is 82.3 cm³/mol. The first-order chi connectivity index (χ1) is 11.4. The zero-order valence-corrected chi connectivity index (χ0v) is 12.0. The molecule has 6 nitrogen and oxygen atoms in total. The normalized spacial score (nSPS) is 11.3. The van der Waals surface area contributed by atoms with E-state index in [9.17, 15) is 18.0 Å². The third kappa shape index (κ3) is 3.24. The van der Waals surface area contributed by atoms with Crippen molar-refractivity contribution in [3.63, 3.8) is 0 Å². The number of para-hydroxylation sites is 2. The Morgan fingerprint density at radius 1 is 0.917 bits per heavy atom. The van der Waals surface area contributed by atoms with Gasteiger partial charge in [-0.1, -0.05) is 12.1 Å². The second-order valence-electron chi connectivity index (χ2n) is 4.73. The zero-order chi connectivity index (χ0) is 17.2. The van der Waals surface area contributed by atoms with E-state index in [1.165, 1.54) is 30.6 Å². The minimum atomic E-state index is -4.83. The summed E-state index contributed by atoms with van der Waals surface area (Å²) in [5, 5.41) is 0. The first-order valence-electron chi connectivity index (χ1n) is 6.75. The van der Waals surface area contributed by atoms with E-state index in [0.717, 1.165) is 0 Å². The van der Waals surface area contributed by atoms with E-state index in [2.05, 4.69) is 25.8 Å². The lowest BCUT2D eigenvalue weighted by molar-refractivity contribution is -0.140. The lowest BCUT2D eigenvalue weighted by atomic mass is 10.3. The minimum Gasteiger partial charge on any atom is -0.299 e. The van der Waals surface area contributed by atoms with Crippen LogP contribution in [0, 0.1) is 0 Å². The molecule has 2 N–H and O–H groups in total. The molecule has 2 heterocycles. The average molecular weight is 333 g/mol. The number of halogens is 3. The van der Waals surface area contributed by atoms with Crippen LogP contribution in [0.25, 0.3) is 11.0 Å². The summed E-state index contributed by atoms with van der Waals surface area (Å²) in [7, 11) is 0. The standard InChI is InChI=1S/C15H10F3N5O/c16-15(17,18)13-12(23-22-9-4-3-7-19-8-9)14(24)21-11-6-2-1-5-10(11)20-13/h1-8,22H,(H,21,23,24). The number of alkyl halides is 3. The number of hydrogen-bond donors (Lipinski definition) is 2. The van der Waals surface area contributed by atoms with E-state index in [4.69, 9.17) is 0 Å². The minimum absolute atomic E-state index is 0.0312. The maximum absolute atomic E-state index is 13.3. The van der Waals surface area contributed by atoms with Crippen LogP contribution in [0.4, 0.5) is 24.5 Å². The molecular weight excluding hydrogens is 323 g/mol. The van der Waals surface area contributed by atoms with Crippen LogP contribution in [0.2, 0.25) is 0 Å². The van der Waals surface area contributed by atoms with E-state index in [0.29, 0.717) is 5.69 Å². The fourth-order valence-corrected chi connectivity index (χ4v) is 1.99. The van der Waals surface area contributed by atoms with Gasteiger partial charge in [-0.2, -0.15) is 13.2 Å². The van der Waals surface area contributed by atoms with Crippen LogP contribution in [0.5, 0.6) is 0 Å². The van der Waals surface area contributed by atoms with Crippen LogP contribution in [-0.4, -0.2) is 15.0 Å². The molecule has 3 aromatic rings. The molecule has 1 aromatic carbocycles. The molecule has 0 unspecified atom stereocenters. The maximum Gasteiger partial charge on any atom is 0.435 e. The molecule has 0 saturated carbocycles. The summed E-state index contributed by atoms with van der Waals surface area (Å²) in [4.78, 5) is 23.2. The fourth-order valence-electron chi connectivity index (χ4n) is 1.99. The van der Waals surface area contributed by atoms with Gasteiger partial charge in [0.2, 0.25) is 0 Å². The first kappa shape index (κ1) is 15.7. The second-order valence-corrected chi connectivity index (χ2v) is 4.73. The van der Waals surface area contributed by atoms with Gasteiger partial charge in [-0.3, -0.25) is 20.6 Å². The molecule has 0 radical (unpaired) electrons. The summed E-state index contributed by atoms with van der Waals surface area (Å²) in [6, 6.07) is 9.01. The Hall–Kier alpha value is -3.23. The van der Waals surface area contributed by atoms with Gasteiger partial charge < -0.3 is 0 Å². The summed E-state index contributed by atoms with van der Waals surface area (Å²) in [6.07, 6.45) is -1.95. The first-order valence-corrected chi connectivity index (χ1v) is 6.75. The number of nitrogens with one attached hydrogen (secondary N) is 2. The van der Waals surface area contributed by atoms with Crippen molar-refractivity contribution >= 4 is 22.4 Å². The molecule has 0 saturated heterocycles. The molecule has 0 atom stereocenters. The summed E-state index contributed by atoms with van der Waals surface area (Å²) in [6.45, 7) is 0. The highest BCUT2D eigenvalue weighted by Gasteiger charge is 2.37. The molecule has 0 aliphatic heterocycles. The van der Waals surface area contributed by atoms with Gasteiger partial charge >= 0.3 is 6.18 Å². The highest BCUT2D eigenvalue weighted by Crippen LogP contribution is 2.31. The van der Waals surface area contributed by atoms with E-state index in [1.807, 2.05) is 0 Å². The van der Waals surface area contributed by atoms with Crippen LogP contribution >= 0.6 is 0 Å². The SMILES string of the molecule is O=c1nc2ccccc2nc(C(F)(F)F)c1NNc1cccnc1. The van der Waals surface area contributed by atoms with E-state index >= 15 is 0 Å². The maximum atomic E-state index is 13.3. The topological polar surface area (TPSA) is 79.8 Å². The summed E-state index contributed by atoms with van der Waals surface area (Å²) in [5.74, 6) is 0. The highest BCUT2D eigenvalue weighted by atomic mass is 19.4. The van der Waals surface area contributed by atoms with Crippen LogP contribution in [0.15, 0.2) is 53.6 Å². The Kier molecular flexibility index (Phi) is 3.98. The van der Waals surface area contributed by atoms with Gasteiger partial charge in [0, 0.05) is 6.20 Å². The average Bonchev–Trinajstić information content (AvgIpc) is 2.69. The third-order valence-corrected chi connectivity index (χ3v) is 3.05. The zero-order valence-electron chi connectivity index (χ0n) is 12.0. The van der Waals surface area contributed by atoms with E-state index in [-0.39, 0.29) is 11.0 Å². The fraction of sp³-hybridized carbons (Fsp3) is 0.0667. The number of hydrogen-bond acceptors (Lipinski definition) is 6. The monoisotopic (exact) mass is 333 g/mol. The van der Waals surface area contributed by atoms with Crippen LogP contribution in [0.3, 0.4) is 0 Å². The van der Waals surface area contributed by atoms with Crippen molar-refractivity contribution in [2.45, 2.75) is 6.18 Å². The Bertz CT molecular complexity index is 931. The molecule has 2 aromatic heterocycles. The quantitative estimate of drug-likeness (QED) is 0.718. The number of hydrazine groups is 1. The lowest BCUT2D eigenvalue weighted by Crippen LogP contribution is -2.22. The molecule has 3 rings (SSSR count). The number of benzene rings is 1. The molecule has 0 spiro atoms. The molecule has 0 amide bonds. The number of nitrogens with zero attached hydrogens (tertiary/aromatic N) is 3. The third-order valence-electron chi connectivity index (χ3n) is 3.05. The summed E-state index contributed by atoms with van der Waals surface area (Å²) in [5.41, 5.74) is 1.94. The molecule has 9 heteroatoms. The summed E-state index contributed by atoms with van der Waals surface area (Å²) < 4.78 is 40.0. The van der Waals surface area contributed by atoms with E-state index in [1.54, 1.807) is 18.2 Å². The van der Waals surface area contributed by atoms with Crippen LogP contribution in [-0.2, 0) is 6.18 Å². The Morgan fingerprint density at radius 2 is 1.62 bits per heavy atom. The highest BCUT2D eigenvalue weighted by molar-refractivity contribution is 5.74. The molecule has 0 fully saturated rings. The van der Waals surface area contributed by atoms with Crippen molar-refractivity contribution in [3.05, 3.63) is 64.8 Å². The van der Waals surface area contributed by atoms with Crippen molar-refractivity contribution < 1.29 is 13.2 Å². The van der Waals surface area contributed by atoms with Gasteiger partial charge in [0.1, 0.15) is 0 Å². The van der Waals surface area contributed by atoms with Gasteiger partial charge in [-0.25, -0.2) is 9.97 Å². The number of anilines is 2.